The van der Waals surface area contributed by atoms with E-state index in [1.165, 1.54) is 12.8 Å². The molecule has 0 aromatic carbocycles. The van der Waals surface area contributed by atoms with Crippen molar-refractivity contribution in [1.29, 1.82) is 0 Å². The molecule has 16 heavy (non-hydrogen) atoms. The Morgan fingerprint density at radius 2 is 1.81 bits per heavy atom. The van der Waals surface area contributed by atoms with E-state index in [9.17, 15) is 4.79 Å². The molecule has 1 heterocycles. The van der Waals surface area contributed by atoms with Crippen molar-refractivity contribution in [2.45, 2.75) is 57.7 Å². The fourth-order valence-corrected chi connectivity index (χ4v) is 2.34. The van der Waals surface area contributed by atoms with Gasteiger partial charge in [-0.15, -0.1) is 0 Å². The van der Waals surface area contributed by atoms with Crippen LogP contribution in [0.15, 0.2) is 0 Å². The molecule has 1 aliphatic carbocycles. The predicted molar refractivity (Wildman–Crippen MR) is 64.4 cm³/mol. The Labute approximate surface area is 97.8 Å². The van der Waals surface area contributed by atoms with E-state index in [1.54, 1.807) is 0 Å². The van der Waals surface area contributed by atoms with E-state index in [0.717, 1.165) is 32.0 Å². The summed E-state index contributed by atoms with van der Waals surface area (Å²) in [5, 5.41) is 5.93. The SMILES string of the molecule is CC(C)NC(=O)NC1CCN(C2CC2)CC1. The Hall–Kier alpha value is -0.770. The summed E-state index contributed by atoms with van der Waals surface area (Å²) in [7, 11) is 0. The molecule has 4 heteroatoms. The summed E-state index contributed by atoms with van der Waals surface area (Å²) in [6.07, 6.45) is 4.96. The number of likely N-dealkylation sites (tertiary alicyclic amines) is 1. The van der Waals surface area contributed by atoms with Gasteiger partial charge in [0.25, 0.3) is 0 Å². The van der Waals surface area contributed by atoms with Crippen molar-refractivity contribution in [3.05, 3.63) is 0 Å². The topological polar surface area (TPSA) is 44.4 Å². The van der Waals surface area contributed by atoms with Gasteiger partial charge in [0.1, 0.15) is 0 Å². The fraction of sp³-hybridized carbons (Fsp3) is 0.917. The third kappa shape index (κ3) is 3.37. The fourth-order valence-electron chi connectivity index (χ4n) is 2.34. The van der Waals surface area contributed by atoms with Gasteiger partial charge in [0.05, 0.1) is 0 Å². The van der Waals surface area contributed by atoms with Crippen molar-refractivity contribution >= 4 is 6.03 Å². The Balaban J connectivity index is 1.66. The lowest BCUT2D eigenvalue weighted by Gasteiger charge is -2.32. The lowest BCUT2D eigenvalue weighted by atomic mass is 10.1. The minimum atomic E-state index is -0.0140. The zero-order valence-corrected chi connectivity index (χ0v) is 10.3. The normalized spacial score (nSPS) is 23.4. The highest BCUT2D eigenvalue weighted by atomic mass is 16.2. The third-order valence-corrected chi connectivity index (χ3v) is 3.35. The third-order valence-electron chi connectivity index (χ3n) is 3.35. The maximum Gasteiger partial charge on any atom is 0.315 e. The molecule has 0 radical (unpaired) electrons. The van der Waals surface area contributed by atoms with Crippen LogP contribution in [0.4, 0.5) is 4.79 Å². The molecular weight excluding hydrogens is 202 g/mol. The zero-order chi connectivity index (χ0) is 11.5. The molecule has 0 aromatic heterocycles. The Morgan fingerprint density at radius 1 is 1.19 bits per heavy atom. The molecule has 2 aliphatic rings. The smallest absolute Gasteiger partial charge is 0.315 e. The Morgan fingerprint density at radius 3 is 2.31 bits per heavy atom. The summed E-state index contributed by atoms with van der Waals surface area (Å²) < 4.78 is 0. The van der Waals surface area contributed by atoms with Gasteiger partial charge in [0.15, 0.2) is 0 Å². The van der Waals surface area contributed by atoms with Gasteiger partial charge in [0, 0.05) is 31.2 Å². The monoisotopic (exact) mass is 225 g/mol. The van der Waals surface area contributed by atoms with Crippen LogP contribution in [0.1, 0.15) is 39.5 Å². The van der Waals surface area contributed by atoms with Gasteiger partial charge < -0.3 is 15.5 Å². The number of urea groups is 1. The van der Waals surface area contributed by atoms with Gasteiger partial charge in [0.2, 0.25) is 0 Å². The zero-order valence-electron chi connectivity index (χ0n) is 10.3. The maximum absolute atomic E-state index is 11.5. The van der Waals surface area contributed by atoms with Crippen molar-refractivity contribution in [3.63, 3.8) is 0 Å². The average Bonchev–Trinajstić information content (AvgIpc) is 3.00. The van der Waals surface area contributed by atoms with Gasteiger partial charge in [-0.3, -0.25) is 0 Å². The molecular formula is C12H23N3O. The molecule has 0 spiro atoms. The van der Waals surface area contributed by atoms with Gasteiger partial charge in [-0.1, -0.05) is 0 Å². The molecule has 1 aliphatic heterocycles. The number of hydrogen-bond acceptors (Lipinski definition) is 2. The van der Waals surface area contributed by atoms with E-state index in [0.29, 0.717) is 6.04 Å². The number of piperidine rings is 1. The summed E-state index contributed by atoms with van der Waals surface area (Å²) in [6.45, 7) is 6.26. The first-order chi connectivity index (χ1) is 7.65. The first-order valence-electron chi connectivity index (χ1n) is 6.46. The minimum Gasteiger partial charge on any atom is -0.336 e. The molecule has 92 valence electrons. The second-order valence-corrected chi connectivity index (χ2v) is 5.31. The second kappa shape index (κ2) is 5.04. The van der Waals surface area contributed by atoms with Crippen LogP contribution < -0.4 is 10.6 Å². The maximum atomic E-state index is 11.5. The number of hydrogen-bond donors (Lipinski definition) is 2. The molecule has 2 amide bonds. The van der Waals surface area contributed by atoms with Gasteiger partial charge in [-0.25, -0.2) is 4.79 Å². The van der Waals surface area contributed by atoms with Crippen LogP contribution in [0.2, 0.25) is 0 Å². The van der Waals surface area contributed by atoms with Gasteiger partial charge in [-0.05, 0) is 39.5 Å². The molecule has 0 atom stereocenters. The Kier molecular flexibility index (Phi) is 3.69. The summed E-state index contributed by atoms with van der Waals surface area (Å²) in [4.78, 5) is 14.1. The van der Waals surface area contributed by atoms with E-state index >= 15 is 0 Å². The number of nitrogens with zero attached hydrogens (tertiary/aromatic N) is 1. The summed E-state index contributed by atoms with van der Waals surface area (Å²) >= 11 is 0. The predicted octanol–water partition coefficient (Wildman–Crippen LogP) is 1.32. The quantitative estimate of drug-likeness (QED) is 0.761. The minimum absolute atomic E-state index is 0.0140. The highest BCUT2D eigenvalue weighted by Crippen LogP contribution is 2.29. The molecule has 0 unspecified atom stereocenters. The van der Waals surface area contributed by atoms with E-state index in [1.807, 2.05) is 13.8 Å². The number of carbonyl (C=O) groups excluding carboxylic acids is 1. The number of nitrogens with one attached hydrogen (secondary N) is 2. The first kappa shape index (κ1) is 11.7. The lowest BCUT2D eigenvalue weighted by Crippen LogP contribution is -2.49. The molecule has 2 fully saturated rings. The van der Waals surface area contributed by atoms with Crippen molar-refractivity contribution in [2.24, 2.45) is 0 Å². The van der Waals surface area contributed by atoms with Crippen LogP contribution in [0.5, 0.6) is 0 Å². The van der Waals surface area contributed by atoms with Crippen LogP contribution in [-0.2, 0) is 0 Å². The van der Waals surface area contributed by atoms with Crippen LogP contribution in [0.25, 0.3) is 0 Å². The molecule has 0 bridgehead atoms. The van der Waals surface area contributed by atoms with Crippen molar-refractivity contribution in [2.75, 3.05) is 13.1 Å². The largest absolute Gasteiger partial charge is 0.336 e. The summed E-state index contributed by atoms with van der Waals surface area (Å²) in [5.41, 5.74) is 0. The van der Waals surface area contributed by atoms with E-state index in [4.69, 9.17) is 0 Å². The van der Waals surface area contributed by atoms with Crippen molar-refractivity contribution < 1.29 is 4.79 Å². The van der Waals surface area contributed by atoms with Crippen molar-refractivity contribution in [1.82, 2.24) is 15.5 Å². The highest BCUT2D eigenvalue weighted by Gasteiger charge is 2.31. The van der Waals surface area contributed by atoms with E-state index in [2.05, 4.69) is 15.5 Å². The highest BCUT2D eigenvalue weighted by molar-refractivity contribution is 5.74. The molecule has 2 N–H and O–H groups in total. The number of carbonyl (C=O) groups is 1. The number of rotatable bonds is 3. The Bertz CT molecular complexity index is 243. The van der Waals surface area contributed by atoms with Crippen LogP contribution >= 0.6 is 0 Å². The van der Waals surface area contributed by atoms with Crippen LogP contribution in [0, 0.1) is 0 Å². The van der Waals surface area contributed by atoms with E-state index in [-0.39, 0.29) is 12.1 Å². The van der Waals surface area contributed by atoms with Gasteiger partial charge in [-0.2, -0.15) is 0 Å². The second-order valence-electron chi connectivity index (χ2n) is 5.31. The molecule has 1 saturated heterocycles. The molecule has 4 nitrogen and oxygen atoms in total. The lowest BCUT2D eigenvalue weighted by molar-refractivity contribution is 0.185. The number of amides is 2. The summed E-state index contributed by atoms with van der Waals surface area (Å²) in [5.74, 6) is 0. The van der Waals surface area contributed by atoms with E-state index < -0.39 is 0 Å². The van der Waals surface area contributed by atoms with Crippen LogP contribution in [0.3, 0.4) is 0 Å². The standard InChI is InChI=1S/C12H23N3O/c1-9(2)13-12(16)14-10-5-7-15(8-6-10)11-3-4-11/h9-11H,3-8H2,1-2H3,(H2,13,14,16). The molecule has 1 saturated carbocycles. The average molecular weight is 225 g/mol. The molecule has 2 rings (SSSR count). The molecule has 0 aromatic rings. The van der Waals surface area contributed by atoms with Gasteiger partial charge >= 0.3 is 6.03 Å². The van der Waals surface area contributed by atoms with Crippen molar-refractivity contribution in [3.8, 4) is 0 Å². The first-order valence-corrected chi connectivity index (χ1v) is 6.46. The summed E-state index contributed by atoms with van der Waals surface area (Å²) in [6, 6.07) is 1.44. The van der Waals surface area contributed by atoms with Crippen LogP contribution in [-0.4, -0.2) is 42.1 Å².